The average Bonchev–Trinajstić information content (AvgIpc) is 2.68. The van der Waals surface area contributed by atoms with E-state index in [0.29, 0.717) is 4.90 Å². The molecule has 32 heavy (non-hydrogen) atoms. The number of aromatic nitrogens is 3. The van der Waals surface area contributed by atoms with Crippen LogP contribution in [0.1, 0.15) is 18.4 Å². The third kappa shape index (κ3) is 5.74. The summed E-state index contributed by atoms with van der Waals surface area (Å²) in [5.74, 6) is -5.98. The van der Waals surface area contributed by atoms with Crippen molar-refractivity contribution >= 4 is 47.5 Å². The van der Waals surface area contributed by atoms with Gasteiger partial charge < -0.3 is 27.0 Å². The minimum atomic E-state index is -1.68. The molecule has 2 aromatic rings. The van der Waals surface area contributed by atoms with Crippen molar-refractivity contribution in [3.05, 3.63) is 34.0 Å². The summed E-state index contributed by atoms with van der Waals surface area (Å²) < 4.78 is 14.5. The number of aliphatic carboxylic acids is 2. The number of hydrogen-bond acceptors (Lipinski definition) is 9. The third-order valence-corrected chi connectivity index (χ3v) is 4.12. The van der Waals surface area contributed by atoms with Gasteiger partial charge in [-0.15, -0.1) is 0 Å². The molecule has 0 aromatic carbocycles. The molecule has 0 radical (unpaired) electrons. The number of carboxylic acid groups (broad SMARTS) is 2. The first-order valence-electron chi connectivity index (χ1n) is 8.81. The molecule has 170 valence electrons. The molecule has 0 aliphatic heterocycles. The Morgan fingerprint density at radius 1 is 1.31 bits per heavy atom. The van der Waals surface area contributed by atoms with Crippen LogP contribution >= 0.6 is 0 Å². The lowest BCUT2D eigenvalue weighted by molar-refractivity contribution is -0.140. The number of aromatic amines is 1. The highest BCUT2D eigenvalue weighted by molar-refractivity contribution is 5.93. The molecule has 2 rings (SSSR count). The van der Waals surface area contributed by atoms with Gasteiger partial charge in [0.1, 0.15) is 11.9 Å². The Bertz CT molecular complexity index is 1120. The summed E-state index contributed by atoms with van der Waals surface area (Å²) in [7, 11) is 0. The second kappa shape index (κ2) is 9.96. The fourth-order valence-electron chi connectivity index (χ4n) is 2.67. The van der Waals surface area contributed by atoms with Gasteiger partial charge in [0.2, 0.25) is 18.3 Å². The van der Waals surface area contributed by atoms with Gasteiger partial charge in [0.05, 0.1) is 23.9 Å². The highest BCUT2D eigenvalue weighted by Crippen LogP contribution is 2.22. The van der Waals surface area contributed by atoms with Crippen LogP contribution in [-0.2, 0) is 25.6 Å². The number of pyridine rings is 1. The van der Waals surface area contributed by atoms with Crippen LogP contribution in [0, 0.1) is 5.82 Å². The minimum absolute atomic E-state index is 0.00741. The van der Waals surface area contributed by atoms with E-state index in [2.05, 4.69) is 20.3 Å². The van der Waals surface area contributed by atoms with Crippen molar-refractivity contribution in [2.75, 3.05) is 21.7 Å². The Hall–Kier alpha value is -4.56. The van der Waals surface area contributed by atoms with Crippen LogP contribution < -0.4 is 27.2 Å². The Morgan fingerprint density at radius 2 is 2.00 bits per heavy atom. The van der Waals surface area contributed by atoms with Gasteiger partial charge >= 0.3 is 11.9 Å². The number of amides is 2. The number of nitrogens with zero attached hydrogens (tertiary/aromatic N) is 3. The lowest BCUT2D eigenvalue weighted by Gasteiger charge is -2.24. The van der Waals surface area contributed by atoms with Crippen molar-refractivity contribution in [3.63, 3.8) is 0 Å². The number of anilines is 4. The predicted octanol–water partition coefficient (Wildman–Crippen LogP) is -1.07. The maximum atomic E-state index is 14.5. The van der Waals surface area contributed by atoms with E-state index in [1.807, 2.05) is 0 Å². The number of rotatable bonds is 10. The lowest BCUT2D eigenvalue weighted by Crippen LogP contribution is -2.42. The number of carboxylic acids is 2. The highest BCUT2D eigenvalue weighted by atomic mass is 19.1. The van der Waals surface area contributed by atoms with Crippen LogP contribution in [0.25, 0.3) is 0 Å². The van der Waals surface area contributed by atoms with Gasteiger partial charge in [-0.25, -0.2) is 14.2 Å². The molecule has 15 heteroatoms. The molecule has 0 unspecified atom stereocenters. The number of nitrogens with one attached hydrogen (secondary N) is 2. The largest absolute Gasteiger partial charge is 0.481 e. The van der Waals surface area contributed by atoms with E-state index >= 15 is 0 Å². The molecule has 0 aliphatic rings. The number of nitrogen functional groups attached to an aromatic ring is 2. The molecular weight excluding hydrogens is 433 g/mol. The molecule has 2 heterocycles. The van der Waals surface area contributed by atoms with Gasteiger partial charge in [-0.1, -0.05) is 0 Å². The Morgan fingerprint density at radius 3 is 2.53 bits per heavy atom. The molecule has 0 spiro atoms. The molecule has 1 atom stereocenters. The number of nitrogens with two attached hydrogens (primary N) is 2. The van der Waals surface area contributed by atoms with E-state index in [-0.39, 0.29) is 29.4 Å². The molecule has 0 saturated heterocycles. The zero-order valence-corrected chi connectivity index (χ0v) is 16.2. The van der Waals surface area contributed by atoms with E-state index in [0.717, 1.165) is 12.3 Å². The van der Waals surface area contributed by atoms with Crippen molar-refractivity contribution in [1.29, 1.82) is 0 Å². The number of H-pyrrole nitrogens is 1. The van der Waals surface area contributed by atoms with E-state index < -0.39 is 60.3 Å². The van der Waals surface area contributed by atoms with Crippen molar-refractivity contribution in [3.8, 4) is 0 Å². The summed E-state index contributed by atoms with van der Waals surface area (Å²) in [6.07, 6.45) is -0.645. The average molecular weight is 451 g/mol. The molecular formula is C17H18FN7O7. The number of halogens is 1. The zero-order valence-electron chi connectivity index (χ0n) is 16.2. The molecule has 2 aromatic heterocycles. The summed E-state index contributed by atoms with van der Waals surface area (Å²) in [5, 5.41) is 20.3. The SMILES string of the molecule is Nc1nc(N)c(CC(=O)Nc2cnc(N(C=O)[C@@H](CCC(=O)O)C(=O)O)c(F)c2)c(=O)[nH]1. The van der Waals surface area contributed by atoms with E-state index in [1.165, 1.54) is 0 Å². The second-order valence-electron chi connectivity index (χ2n) is 6.37. The van der Waals surface area contributed by atoms with Gasteiger partial charge in [0.25, 0.3) is 5.56 Å². The van der Waals surface area contributed by atoms with Crippen molar-refractivity contribution in [1.82, 2.24) is 15.0 Å². The molecule has 0 fully saturated rings. The van der Waals surface area contributed by atoms with E-state index in [4.69, 9.17) is 16.6 Å². The molecule has 2 amide bonds. The standard InChI is InChI=1S/C17H18FN7O7/c18-9-3-7(22-11(27)4-8-13(19)23-17(20)24-15(8)30)5-21-14(9)25(6-26)10(16(31)32)1-2-12(28)29/h3,5-6,10H,1-2,4H2,(H,22,27)(H,28,29)(H,31,32)(H5,19,20,23,24,30)/t10-/m0/s1. The first-order valence-corrected chi connectivity index (χ1v) is 8.81. The Balaban J connectivity index is 2.20. The van der Waals surface area contributed by atoms with Crippen LogP contribution in [0.15, 0.2) is 17.1 Å². The second-order valence-corrected chi connectivity index (χ2v) is 6.37. The fraction of sp³-hybridized carbons (Fsp3) is 0.235. The van der Waals surface area contributed by atoms with Gasteiger partial charge in [0, 0.05) is 12.5 Å². The fourth-order valence-corrected chi connectivity index (χ4v) is 2.67. The lowest BCUT2D eigenvalue weighted by atomic mass is 10.1. The summed E-state index contributed by atoms with van der Waals surface area (Å²) in [5.41, 5.74) is 9.83. The van der Waals surface area contributed by atoms with Gasteiger partial charge in [-0.3, -0.25) is 29.1 Å². The summed E-state index contributed by atoms with van der Waals surface area (Å²) in [6.45, 7) is 0. The van der Waals surface area contributed by atoms with E-state index in [1.54, 1.807) is 0 Å². The van der Waals surface area contributed by atoms with Gasteiger partial charge in [0.15, 0.2) is 11.6 Å². The van der Waals surface area contributed by atoms with E-state index in [9.17, 15) is 33.5 Å². The normalized spacial score (nSPS) is 11.4. The van der Waals surface area contributed by atoms with Crippen molar-refractivity contribution in [2.45, 2.75) is 25.3 Å². The Kier molecular flexibility index (Phi) is 7.39. The quantitative estimate of drug-likeness (QED) is 0.238. The van der Waals surface area contributed by atoms with Crippen LogP contribution in [-0.4, -0.2) is 55.5 Å². The van der Waals surface area contributed by atoms with Crippen LogP contribution in [0.5, 0.6) is 0 Å². The maximum absolute atomic E-state index is 14.5. The van der Waals surface area contributed by atoms with Crippen LogP contribution in [0.3, 0.4) is 0 Å². The smallest absolute Gasteiger partial charge is 0.326 e. The summed E-state index contributed by atoms with van der Waals surface area (Å²) >= 11 is 0. The topological polar surface area (TPSA) is 235 Å². The monoisotopic (exact) mass is 451 g/mol. The highest BCUT2D eigenvalue weighted by Gasteiger charge is 2.29. The molecule has 0 aliphatic carbocycles. The third-order valence-electron chi connectivity index (χ3n) is 4.12. The Labute approximate surface area is 178 Å². The predicted molar refractivity (Wildman–Crippen MR) is 107 cm³/mol. The first kappa shape index (κ1) is 23.7. The van der Waals surface area contributed by atoms with Gasteiger partial charge in [-0.05, 0) is 6.42 Å². The molecule has 0 bridgehead atoms. The van der Waals surface area contributed by atoms with Gasteiger partial charge in [-0.2, -0.15) is 4.98 Å². The number of carbonyl (C=O) groups excluding carboxylic acids is 2. The molecule has 0 saturated carbocycles. The van der Waals surface area contributed by atoms with Crippen LogP contribution in [0.4, 0.5) is 27.7 Å². The molecule has 8 N–H and O–H groups in total. The molecule has 14 nitrogen and oxygen atoms in total. The van der Waals surface area contributed by atoms with Crippen molar-refractivity contribution < 1.29 is 33.8 Å². The maximum Gasteiger partial charge on any atom is 0.326 e. The summed E-state index contributed by atoms with van der Waals surface area (Å²) in [6, 6.07) is -0.916. The minimum Gasteiger partial charge on any atom is -0.481 e. The number of hydrogen-bond donors (Lipinski definition) is 6. The zero-order chi connectivity index (χ0) is 24.0. The number of carbonyl (C=O) groups is 4. The summed E-state index contributed by atoms with van der Waals surface area (Å²) in [4.78, 5) is 67.4. The first-order chi connectivity index (χ1) is 15.0. The van der Waals surface area contributed by atoms with Crippen molar-refractivity contribution in [2.24, 2.45) is 0 Å². The van der Waals surface area contributed by atoms with Crippen LogP contribution in [0.2, 0.25) is 0 Å².